The summed E-state index contributed by atoms with van der Waals surface area (Å²) in [5, 5.41) is 0. The molecular weight excluding hydrogens is 402 g/mol. The Morgan fingerprint density at radius 2 is 1.71 bits per heavy atom. The molecule has 0 bridgehead atoms. The molecule has 0 aliphatic carbocycles. The van der Waals surface area contributed by atoms with Gasteiger partial charge in [-0.25, -0.2) is 8.42 Å². The lowest BCUT2D eigenvalue weighted by Gasteiger charge is -2.25. The average molecular weight is 434 g/mol. The molecule has 6 nitrogen and oxygen atoms in total. The van der Waals surface area contributed by atoms with Crippen LogP contribution in [0.3, 0.4) is 0 Å². The van der Waals surface area contributed by atoms with Crippen LogP contribution in [0.2, 0.25) is 0 Å². The van der Waals surface area contributed by atoms with Gasteiger partial charge in [-0.15, -0.1) is 11.6 Å². The van der Waals surface area contributed by atoms with Gasteiger partial charge < -0.3 is 9.47 Å². The summed E-state index contributed by atoms with van der Waals surface area (Å²) in [5.74, 6) is 0.535. The van der Waals surface area contributed by atoms with Crippen molar-refractivity contribution >= 4 is 27.5 Å². The molecule has 160 valence electrons. The smallest absolute Gasteiger partial charge is 0.259 e. The summed E-state index contributed by atoms with van der Waals surface area (Å²) in [7, 11) is -3.81. The lowest BCUT2D eigenvalue weighted by atomic mass is 10.0. The molecule has 1 aromatic carbocycles. The molecule has 0 atom stereocenters. The molecule has 0 aromatic heterocycles. The van der Waals surface area contributed by atoms with Crippen molar-refractivity contribution < 1.29 is 22.7 Å². The van der Waals surface area contributed by atoms with E-state index in [4.69, 9.17) is 21.1 Å². The number of ether oxygens (including phenoxy) is 2. The first-order valence-electron chi connectivity index (χ1n) is 9.33. The number of benzene rings is 1. The van der Waals surface area contributed by atoms with Gasteiger partial charge in [0.2, 0.25) is 10.0 Å². The Hall–Kier alpha value is -1.31. The van der Waals surface area contributed by atoms with Gasteiger partial charge in [0, 0.05) is 0 Å². The largest absolute Gasteiger partial charge is 0.492 e. The molecule has 0 fully saturated rings. The fourth-order valence-corrected chi connectivity index (χ4v) is 3.49. The van der Waals surface area contributed by atoms with E-state index >= 15 is 0 Å². The van der Waals surface area contributed by atoms with Crippen molar-refractivity contribution in [1.82, 2.24) is 4.72 Å². The molecule has 1 N–H and O–H groups in total. The number of hydrogen-bond donors (Lipinski definition) is 1. The predicted octanol–water partition coefficient (Wildman–Crippen LogP) is 3.67. The van der Waals surface area contributed by atoms with E-state index in [1.54, 1.807) is 34.6 Å². The minimum Gasteiger partial charge on any atom is -0.492 e. The fourth-order valence-electron chi connectivity index (χ4n) is 2.36. The van der Waals surface area contributed by atoms with E-state index in [0.717, 1.165) is 17.7 Å². The van der Waals surface area contributed by atoms with Crippen molar-refractivity contribution in [2.45, 2.75) is 64.2 Å². The van der Waals surface area contributed by atoms with Crippen LogP contribution >= 0.6 is 11.6 Å². The van der Waals surface area contributed by atoms with E-state index < -0.39 is 26.3 Å². The zero-order chi connectivity index (χ0) is 21.4. The first-order valence-corrected chi connectivity index (χ1v) is 11.3. The van der Waals surface area contributed by atoms with E-state index in [-0.39, 0.29) is 6.61 Å². The highest BCUT2D eigenvalue weighted by Gasteiger charge is 2.35. The summed E-state index contributed by atoms with van der Waals surface area (Å²) in [5.41, 5.74) is 0.579. The van der Waals surface area contributed by atoms with Gasteiger partial charge in [0.1, 0.15) is 19.0 Å². The maximum atomic E-state index is 12.6. The number of carbonyl (C=O) groups is 1. The predicted molar refractivity (Wildman–Crippen MR) is 112 cm³/mol. The van der Waals surface area contributed by atoms with E-state index in [1.807, 2.05) is 24.3 Å². The van der Waals surface area contributed by atoms with Gasteiger partial charge in [0.15, 0.2) is 0 Å². The van der Waals surface area contributed by atoms with Gasteiger partial charge in [-0.1, -0.05) is 12.1 Å². The van der Waals surface area contributed by atoms with E-state index in [0.29, 0.717) is 25.3 Å². The van der Waals surface area contributed by atoms with Crippen molar-refractivity contribution in [3.05, 3.63) is 29.8 Å². The molecule has 0 aliphatic rings. The minimum absolute atomic E-state index is 0.295. The third kappa shape index (κ3) is 8.80. The monoisotopic (exact) mass is 433 g/mol. The first kappa shape index (κ1) is 24.7. The number of nitrogens with one attached hydrogen (secondary N) is 1. The van der Waals surface area contributed by atoms with Gasteiger partial charge >= 0.3 is 0 Å². The lowest BCUT2D eigenvalue weighted by molar-refractivity contribution is -0.128. The van der Waals surface area contributed by atoms with Crippen LogP contribution in [-0.4, -0.2) is 43.8 Å². The molecular formula is C20H32ClNO5S. The Morgan fingerprint density at radius 3 is 2.25 bits per heavy atom. The molecule has 1 aromatic rings. The number of halogens is 1. The summed E-state index contributed by atoms with van der Waals surface area (Å²) >= 11 is 5.59. The van der Waals surface area contributed by atoms with Crippen LogP contribution in [0.1, 0.15) is 53.0 Å². The molecule has 0 radical (unpaired) electrons. The maximum Gasteiger partial charge on any atom is 0.259 e. The molecule has 1 amide bonds. The number of amides is 1. The standard InChI is InChI=1S/C20H32ClNO5S/c1-19(2,3)27-15-18(23)22-28(24,25)20(4,5)12-6-7-16-8-10-17(11-9-16)26-14-13-21/h8-11H,6-7,12-15H2,1-5H3,(H,22,23). The average Bonchev–Trinajstić information content (AvgIpc) is 2.58. The number of aryl methyl sites for hydroxylation is 1. The highest BCUT2D eigenvalue weighted by atomic mass is 35.5. The number of hydrogen-bond acceptors (Lipinski definition) is 5. The van der Waals surface area contributed by atoms with E-state index in [2.05, 4.69) is 4.72 Å². The topological polar surface area (TPSA) is 81.7 Å². The number of alkyl halides is 1. The van der Waals surface area contributed by atoms with Crippen molar-refractivity contribution in [3.8, 4) is 5.75 Å². The molecule has 0 aliphatic heterocycles. The SMILES string of the molecule is CC(C)(C)OCC(=O)NS(=O)(=O)C(C)(C)CCCc1ccc(OCCCl)cc1. The zero-order valence-corrected chi connectivity index (χ0v) is 19.0. The molecule has 0 unspecified atom stereocenters. The third-order valence-corrected chi connectivity index (χ3v) is 6.44. The molecule has 8 heteroatoms. The van der Waals surface area contributed by atoms with Crippen molar-refractivity contribution in [2.75, 3.05) is 19.1 Å². The third-order valence-electron chi connectivity index (χ3n) is 4.13. The quantitative estimate of drug-likeness (QED) is 0.538. The highest BCUT2D eigenvalue weighted by molar-refractivity contribution is 7.91. The summed E-state index contributed by atoms with van der Waals surface area (Å²) in [6.45, 7) is 8.81. The Morgan fingerprint density at radius 1 is 1.11 bits per heavy atom. The number of rotatable bonds is 11. The zero-order valence-electron chi connectivity index (χ0n) is 17.4. The Bertz CT molecular complexity index is 724. The van der Waals surface area contributed by atoms with Crippen LogP contribution in [0.5, 0.6) is 5.75 Å². The van der Waals surface area contributed by atoms with Crippen LogP contribution in [0.4, 0.5) is 0 Å². The fraction of sp³-hybridized carbons (Fsp3) is 0.650. The van der Waals surface area contributed by atoms with Crippen LogP contribution in [0.25, 0.3) is 0 Å². The number of sulfonamides is 1. The van der Waals surface area contributed by atoms with Crippen molar-refractivity contribution in [3.63, 3.8) is 0 Å². The first-order chi connectivity index (χ1) is 12.9. The van der Waals surface area contributed by atoms with Gasteiger partial charge in [0.25, 0.3) is 5.91 Å². The highest BCUT2D eigenvalue weighted by Crippen LogP contribution is 2.23. The second kappa shape index (κ2) is 10.5. The Balaban J connectivity index is 2.53. The second-order valence-electron chi connectivity index (χ2n) is 8.22. The lowest BCUT2D eigenvalue weighted by Crippen LogP contribution is -2.46. The molecule has 1 rings (SSSR count). The van der Waals surface area contributed by atoms with Crippen LogP contribution < -0.4 is 9.46 Å². The minimum atomic E-state index is -3.81. The Labute approximate surface area is 174 Å². The summed E-state index contributed by atoms with van der Waals surface area (Å²) in [4.78, 5) is 11.9. The van der Waals surface area contributed by atoms with Crippen molar-refractivity contribution in [1.29, 1.82) is 0 Å². The molecule has 0 saturated heterocycles. The van der Waals surface area contributed by atoms with Gasteiger partial charge in [0.05, 0.1) is 16.2 Å². The van der Waals surface area contributed by atoms with Gasteiger partial charge in [-0.2, -0.15) is 0 Å². The van der Waals surface area contributed by atoms with Crippen LogP contribution in [-0.2, 0) is 26.0 Å². The number of carbonyl (C=O) groups excluding carboxylic acids is 1. The van der Waals surface area contributed by atoms with E-state index in [9.17, 15) is 13.2 Å². The Kier molecular flexibility index (Phi) is 9.24. The molecule has 28 heavy (non-hydrogen) atoms. The second-order valence-corrected chi connectivity index (χ2v) is 10.9. The van der Waals surface area contributed by atoms with Crippen LogP contribution in [0, 0.1) is 0 Å². The maximum absolute atomic E-state index is 12.6. The van der Waals surface area contributed by atoms with Gasteiger partial charge in [-0.3, -0.25) is 9.52 Å². The van der Waals surface area contributed by atoms with Crippen LogP contribution in [0.15, 0.2) is 24.3 Å². The van der Waals surface area contributed by atoms with E-state index in [1.165, 1.54) is 0 Å². The molecule has 0 spiro atoms. The molecule has 0 saturated carbocycles. The molecule has 0 heterocycles. The normalized spacial score (nSPS) is 12.6. The summed E-state index contributed by atoms with van der Waals surface area (Å²) < 4.78 is 36.9. The van der Waals surface area contributed by atoms with Gasteiger partial charge in [-0.05, 0) is 71.6 Å². The summed E-state index contributed by atoms with van der Waals surface area (Å²) in [6.07, 6.45) is 1.82. The van der Waals surface area contributed by atoms with Crippen molar-refractivity contribution in [2.24, 2.45) is 0 Å². The summed E-state index contributed by atoms with van der Waals surface area (Å²) in [6, 6.07) is 7.66.